The van der Waals surface area contributed by atoms with Crippen molar-refractivity contribution in [2.45, 2.75) is 26.3 Å². The molecule has 0 saturated heterocycles. The Labute approximate surface area is 110 Å². The van der Waals surface area contributed by atoms with E-state index in [1.54, 1.807) is 0 Å². The molecule has 90 valence electrons. The Bertz CT molecular complexity index is 538. The Hall–Kier alpha value is -1.29. The van der Waals surface area contributed by atoms with Crippen molar-refractivity contribution in [3.8, 4) is 11.3 Å². The number of anilines is 1. The molecule has 17 heavy (non-hydrogen) atoms. The SMILES string of the molecule is CC(C)(C)n1nc(N)cc1-c1ccccc1Br. The lowest BCUT2D eigenvalue weighted by Crippen LogP contribution is -2.24. The molecule has 2 rings (SSSR count). The molecular weight excluding hydrogens is 278 g/mol. The maximum Gasteiger partial charge on any atom is 0.146 e. The number of rotatable bonds is 1. The lowest BCUT2D eigenvalue weighted by Gasteiger charge is -2.22. The van der Waals surface area contributed by atoms with Gasteiger partial charge in [-0.25, -0.2) is 0 Å². The van der Waals surface area contributed by atoms with Gasteiger partial charge in [-0.3, -0.25) is 4.68 Å². The van der Waals surface area contributed by atoms with Gasteiger partial charge in [0.2, 0.25) is 0 Å². The first-order valence-corrected chi connectivity index (χ1v) is 6.30. The topological polar surface area (TPSA) is 43.8 Å². The fraction of sp³-hybridized carbons (Fsp3) is 0.308. The Morgan fingerprint density at radius 3 is 2.47 bits per heavy atom. The van der Waals surface area contributed by atoms with E-state index in [0.29, 0.717) is 5.82 Å². The molecule has 1 aromatic carbocycles. The maximum atomic E-state index is 5.82. The van der Waals surface area contributed by atoms with Gasteiger partial charge in [0.25, 0.3) is 0 Å². The first-order chi connectivity index (χ1) is 7.89. The molecule has 4 heteroatoms. The third-order valence-corrected chi connectivity index (χ3v) is 3.20. The van der Waals surface area contributed by atoms with Crippen LogP contribution in [0.25, 0.3) is 11.3 Å². The predicted octanol–water partition coefficient (Wildman–Crippen LogP) is 3.65. The summed E-state index contributed by atoms with van der Waals surface area (Å²) < 4.78 is 3.01. The summed E-state index contributed by atoms with van der Waals surface area (Å²) >= 11 is 3.56. The molecule has 0 aliphatic rings. The van der Waals surface area contributed by atoms with Crippen LogP contribution in [0.15, 0.2) is 34.8 Å². The second kappa shape index (κ2) is 4.18. The predicted molar refractivity (Wildman–Crippen MR) is 74.8 cm³/mol. The summed E-state index contributed by atoms with van der Waals surface area (Å²) in [6.07, 6.45) is 0. The Kier molecular flexibility index (Phi) is 3.00. The van der Waals surface area contributed by atoms with Crippen LogP contribution >= 0.6 is 15.9 Å². The first-order valence-electron chi connectivity index (χ1n) is 5.50. The summed E-state index contributed by atoms with van der Waals surface area (Å²) in [6, 6.07) is 9.99. The van der Waals surface area contributed by atoms with Gasteiger partial charge in [0.05, 0.1) is 11.2 Å². The monoisotopic (exact) mass is 293 g/mol. The van der Waals surface area contributed by atoms with Crippen LogP contribution in [-0.4, -0.2) is 9.78 Å². The van der Waals surface area contributed by atoms with Crippen molar-refractivity contribution >= 4 is 21.7 Å². The van der Waals surface area contributed by atoms with E-state index in [9.17, 15) is 0 Å². The second-order valence-corrected chi connectivity index (χ2v) is 5.87. The number of halogens is 1. The summed E-state index contributed by atoms with van der Waals surface area (Å²) in [7, 11) is 0. The fourth-order valence-corrected chi connectivity index (χ4v) is 2.26. The molecule has 2 aromatic rings. The highest BCUT2D eigenvalue weighted by Gasteiger charge is 2.20. The summed E-state index contributed by atoms with van der Waals surface area (Å²) in [5, 5.41) is 4.37. The van der Waals surface area contributed by atoms with Crippen molar-refractivity contribution < 1.29 is 0 Å². The highest BCUT2D eigenvalue weighted by Crippen LogP contribution is 2.32. The molecule has 0 fully saturated rings. The van der Waals surface area contributed by atoms with Gasteiger partial charge in [0.1, 0.15) is 5.82 Å². The lowest BCUT2D eigenvalue weighted by molar-refractivity contribution is 0.361. The van der Waals surface area contributed by atoms with Gasteiger partial charge in [0.15, 0.2) is 0 Å². The van der Waals surface area contributed by atoms with Crippen molar-refractivity contribution in [3.05, 3.63) is 34.8 Å². The molecule has 1 aromatic heterocycles. The zero-order chi connectivity index (χ0) is 12.6. The van der Waals surface area contributed by atoms with Crippen LogP contribution in [-0.2, 0) is 5.54 Å². The van der Waals surface area contributed by atoms with Crippen LogP contribution in [0, 0.1) is 0 Å². The van der Waals surface area contributed by atoms with Crippen LogP contribution in [0.1, 0.15) is 20.8 Å². The number of nitrogen functional groups attached to an aromatic ring is 1. The number of hydrogen-bond donors (Lipinski definition) is 1. The number of aromatic nitrogens is 2. The zero-order valence-electron chi connectivity index (χ0n) is 10.2. The average molecular weight is 294 g/mol. The van der Waals surface area contributed by atoms with Gasteiger partial charge in [-0.1, -0.05) is 34.1 Å². The number of benzene rings is 1. The van der Waals surface area contributed by atoms with E-state index in [0.717, 1.165) is 15.7 Å². The minimum Gasteiger partial charge on any atom is -0.382 e. The fourth-order valence-electron chi connectivity index (χ4n) is 1.77. The standard InChI is InChI=1S/C13H16BrN3/c1-13(2,3)17-11(8-12(15)16-17)9-6-4-5-7-10(9)14/h4-8H,1-3H3,(H2,15,16). The van der Waals surface area contributed by atoms with Crippen molar-refractivity contribution in [1.29, 1.82) is 0 Å². The molecule has 0 spiro atoms. The molecule has 0 atom stereocenters. The number of nitrogens with two attached hydrogens (primary N) is 1. The zero-order valence-corrected chi connectivity index (χ0v) is 11.8. The van der Waals surface area contributed by atoms with Crippen LogP contribution < -0.4 is 5.73 Å². The molecule has 0 saturated carbocycles. The normalized spacial score (nSPS) is 11.8. The lowest BCUT2D eigenvalue weighted by atomic mass is 10.1. The molecule has 0 aliphatic carbocycles. The molecule has 1 heterocycles. The summed E-state index contributed by atoms with van der Waals surface area (Å²) in [4.78, 5) is 0. The van der Waals surface area contributed by atoms with Crippen molar-refractivity contribution in [2.75, 3.05) is 5.73 Å². The van der Waals surface area contributed by atoms with E-state index in [1.165, 1.54) is 0 Å². The van der Waals surface area contributed by atoms with Gasteiger partial charge in [-0.2, -0.15) is 5.10 Å². The summed E-state index contributed by atoms with van der Waals surface area (Å²) in [6.45, 7) is 6.33. The largest absolute Gasteiger partial charge is 0.382 e. The quantitative estimate of drug-likeness (QED) is 0.872. The van der Waals surface area contributed by atoms with Crippen molar-refractivity contribution in [3.63, 3.8) is 0 Å². The average Bonchev–Trinajstić information content (AvgIpc) is 2.60. The minimum atomic E-state index is -0.0950. The van der Waals surface area contributed by atoms with E-state index in [1.807, 2.05) is 28.9 Å². The van der Waals surface area contributed by atoms with E-state index in [2.05, 4.69) is 47.9 Å². The van der Waals surface area contributed by atoms with Gasteiger partial charge >= 0.3 is 0 Å². The van der Waals surface area contributed by atoms with Crippen LogP contribution in [0.5, 0.6) is 0 Å². The molecule has 0 unspecified atom stereocenters. The maximum absolute atomic E-state index is 5.82. The third kappa shape index (κ3) is 2.36. The number of hydrogen-bond acceptors (Lipinski definition) is 2. The Morgan fingerprint density at radius 2 is 1.88 bits per heavy atom. The number of nitrogens with zero attached hydrogens (tertiary/aromatic N) is 2. The Morgan fingerprint density at radius 1 is 1.24 bits per heavy atom. The van der Waals surface area contributed by atoms with E-state index in [4.69, 9.17) is 5.73 Å². The minimum absolute atomic E-state index is 0.0950. The van der Waals surface area contributed by atoms with Crippen molar-refractivity contribution in [1.82, 2.24) is 9.78 Å². The van der Waals surface area contributed by atoms with E-state index in [-0.39, 0.29) is 5.54 Å². The third-order valence-electron chi connectivity index (χ3n) is 2.51. The van der Waals surface area contributed by atoms with Gasteiger partial charge in [-0.05, 0) is 26.8 Å². The van der Waals surface area contributed by atoms with Gasteiger partial charge in [0, 0.05) is 16.1 Å². The molecular formula is C13H16BrN3. The first kappa shape index (κ1) is 12.2. The second-order valence-electron chi connectivity index (χ2n) is 5.02. The highest BCUT2D eigenvalue weighted by atomic mass is 79.9. The highest BCUT2D eigenvalue weighted by molar-refractivity contribution is 9.10. The molecule has 2 N–H and O–H groups in total. The smallest absolute Gasteiger partial charge is 0.146 e. The van der Waals surface area contributed by atoms with Crippen LogP contribution in [0.4, 0.5) is 5.82 Å². The Balaban J connectivity index is 2.64. The van der Waals surface area contributed by atoms with Crippen LogP contribution in [0.2, 0.25) is 0 Å². The van der Waals surface area contributed by atoms with Crippen molar-refractivity contribution in [2.24, 2.45) is 0 Å². The van der Waals surface area contributed by atoms with Gasteiger partial charge in [-0.15, -0.1) is 0 Å². The summed E-state index contributed by atoms with van der Waals surface area (Å²) in [5.74, 6) is 0.547. The summed E-state index contributed by atoms with van der Waals surface area (Å²) in [5.41, 5.74) is 7.85. The molecule has 0 aliphatic heterocycles. The molecule has 3 nitrogen and oxygen atoms in total. The molecule has 0 bridgehead atoms. The molecule has 0 radical (unpaired) electrons. The molecule has 0 amide bonds. The van der Waals surface area contributed by atoms with Crippen LogP contribution in [0.3, 0.4) is 0 Å². The van der Waals surface area contributed by atoms with E-state index < -0.39 is 0 Å². The van der Waals surface area contributed by atoms with E-state index >= 15 is 0 Å². The van der Waals surface area contributed by atoms with Gasteiger partial charge < -0.3 is 5.73 Å².